The first-order valence-corrected chi connectivity index (χ1v) is 7.22. The van der Waals surface area contributed by atoms with Crippen LogP contribution in [0, 0.1) is 6.92 Å². The molecular weight excluding hydrogens is 276 g/mol. The van der Waals surface area contributed by atoms with E-state index in [0.29, 0.717) is 24.7 Å². The molecule has 0 aliphatic heterocycles. The number of hydrogen-bond donors (Lipinski definition) is 1. The second-order valence-corrected chi connectivity index (χ2v) is 4.82. The SMILES string of the molecule is C=CCNc1nccc(C(=O)N(CC)c2cccc(C)c2)n1. The number of anilines is 2. The Bertz CT molecular complexity index is 669. The highest BCUT2D eigenvalue weighted by Crippen LogP contribution is 2.18. The van der Waals surface area contributed by atoms with E-state index < -0.39 is 0 Å². The predicted molar refractivity (Wildman–Crippen MR) is 89.2 cm³/mol. The van der Waals surface area contributed by atoms with Crippen molar-refractivity contribution in [2.75, 3.05) is 23.3 Å². The Labute approximate surface area is 130 Å². The van der Waals surface area contributed by atoms with Gasteiger partial charge in [0.2, 0.25) is 5.95 Å². The molecule has 0 atom stereocenters. The monoisotopic (exact) mass is 296 g/mol. The van der Waals surface area contributed by atoms with Crippen LogP contribution in [0.1, 0.15) is 23.0 Å². The summed E-state index contributed by atoms with van der Waals surface area (Å²) in [6.45, 7) is 8.70. The number of hydrogen-bond acceptors (Lipinski definition) is 4. The lowest BCUT2D eigenvalue weighted by molar-refractivity contribution is 0.0983. The van der Waals surface area contributed by atoms with Gasteiger partial charge in [-0.05, 0) is 37.6 Å². The van der Waals surface area contributed by atoms with Gasteiger partial charge in [0.25, 0.3) is 5.91 Å². The van der Waals surface area contributed by atoms with Crippen LogP contribution in [-0.2, 0) is 0 Å². The summed E-state index contributed by atoms with van der Waals surface area (Å²) in [5, 5.41) is 2.98. The Balaban J connectivity index is 2.26. The molecule has 5 heteroatoms. The lowest BCUT2D eigenvalue weighted by Gasteiger charge is -2.21. The van der Waals surface area contributed by atoms with Crippen LogP contribution in [0.5, 0.6) is 0 Å². The van der Waals surface area contributed by atoms with Crippen LogP contribution in [0.15, 0.2) is 49.2 Å². The molecule has 1 aromatic carbocycles. The van der Waals surface area contributed by atoms with E-state index in [1.165, 1.54) is 0 Å². The highest BCUT2D eigenvalue weighted by atomic mass is 16.2. The average Bonchev–Trinajstić information content (AvgIpc) is 2.54. The summed E-state index contributed by atoms with van der Waals surface area (Å²) in [6.07, 6.45) is 3.29. The van der Waals surface area contributed by atoms with Gasteiger partial charge < -0.3 is 10.2 Å². The number of benzene rings is 1. The molecule has 114 valence electrons. The van der Waals surface area contributed by atoms with Crippen molar-refractivity contribution in [3.05, 3.63) is 60.4 Å². The minimum Gasteiger partial charge on any atom is -0.351 e. The zero-order valence-electron chi connectivity index (χ0n) is 12.9. The summed E-state index contributed by atoms with van der Waals surface area (Å²) < 4.78 is 0. The highest BCUT2D eigenvalue weighted by Gasteiger charge is 2.18. The van der Waals surface area contributed by atoms with E-state index >= 15 is 0 Å². The summed E-state index contributed by atoms with van der Waals surface area (Å²) in [4.78, 5) is 22.8. The van der Waals surface area contributed by atoms with Crippen LogP contribution in [0.2, 0.25) is 0 Å². The van der Waals surface area contributed by atoms with E-state index in [9.17, 15) is 4.79 Å². The van der Waals surface area contributed by atoms with E-state index in [-0.39, 0.29) is 5.91 Å². The minimum atomic E-state index is -0.142. The normalized spacial score (nSPS) is 10.1. The smallest absolute Gasteiger partial charge is 0.277 e. The molecule has 0 fully saturated rings. The van der Waals surface area contributed by atoms with E-state index in [0.717, 1.165) is 11.3 Å². The third-order valence-electron chi connectivity index (χ3n) is 3.15. The molecular formula is C17H20N4O. The summed E-state index contributed by atoms with van der Waals surface area (Å²) in [6, 6.07) is 9.48. The van der Waals surface area contributed by atoms with Gasteiger partial charge in [0, 0.05) is 25.0 Å². The van der Waals surface area contributed by atoms with Crippen LogP contribution in [0.3, 0.4) is 0 Å². The second kappa shape index (κ2) is 7.36. The first kappa shape index (κ1) is 15.7. The van der Waals surface area contributed by atoms with Crippen molar-refractivity contribution in [3.63, 3.8) is 0 Å². The van der Waals surface area contributed by atoms with Crippen molar-refractivity contribution in [1.82, 2.24) is 9.97 Å². The summed E-state index contributed by atoms with van der Waals surface area (Å²) in [5.74, 6) is 0.281. The number of nitrogens with one attached hydrogen (secondary N) is 1. The fourth-order valence-corrected chi connectivity index (χ4v) is 2.10. The van der Waals surface area contributed by atoms with Gasteiger partial charge in [0.1, 0.15) is 5.69 Å². The van der Waals surface area contributed by atoms with E-state index in [2.05, 4.69) is 21.9 Å². The molecule has 0 aliphatic carbocycles. The first-order valence-electron chi connectivity index (χ1n) is 7.22. The molecule has 1 aromatic heterocycles. The average molecular weight is 296 g/mol. The first-order chi connectivity index (χ1) is 10.7. The van der Waals surface area contributed by atoms with Crippen molar-refractivity contribution in [1.29, 1.82) is 0 Å². The fraction of sp³-hybridized carbons (Fsp3) is 0.235. The van der Waals surface area contributed by atoms with E-state index in [4.69, 9.17) is 0 Å². The van der Waals surface area contributed by atoms with Gasteiger partial charge in [-0.1, -0.05) is 18.2 Å². The number of carbonyl (C=O) groups excluding carboxylic acids is 1. The van der Waals surface area contributed by atoms with Crippen LogP contribution < -0.4 is 10.2 Å². The van der Waals surface area contributed by atoms with Crippen LogP contribution in [0.25, 0.3) is 0 Å². The topological polar surface area (TPSA) is 58.1 Å². The molecule has 2 aromatic rings. The zero-order valence-corrected chi connectivity index (χ0v) is 12.9. The fourth-order valence-electron chi connectivity index (χ4n) is 2.10. The van der Waals surface area contributed by atoms with Crippen LogP contribution in [-0.4, -0.2) is 29.0 Å². The van der Waals surface area contributed by atoms with Gasteiger partial charge in [0.15, 0.2) is 0 Å². The minimum absolute atomic E-state index is 0.142. The number of aryl methyl sites for hydroxylation is 1. The third kappa shape index (κ3) is 3.69. The maximum atomic E-state index is 12.7. The molecule has 1 amide bonds. The standard InChI is InChI=1S/C17H20N4O/c1-4-10-18-17-19-11-9-15(20-17)16(22)21(5-2)14-8-6-7-13(3)12-14/h4,6-9,11-12H,1,5,10H2,2-3H3,(H,18,19,20). The van der Waals surface area contributed by atoms with Gasteiger partial charge in [0.05, 0.1) is 0 Å². The van der Waals surface area contributed by atoms with Crippen molar-refractivity contribution >= 4 is 17.5 Å². The molecule has 5 nitrogen and oxygen atoms in total. The van der Waals surface area contributed by atoms with Crippen molar-refractivity contribution < 1.29 is 4.79 Å². The molecule has 0 saturated heterocycles. The van der Waals surface area contributed by atoms with E-state index in [1.54, 1.807) is 23.2 Å². The number of aromatic nitrogens is 2. The lowest BCUT2D eigenvalue weighted by Crippen LogP contribution is -2.31. The highest BCUT2D eigenvalue weighted by molar-refractivity contribution is 6.04. The quantitative estimate of drug-likeness (QED) is 0.832. The number of carbonyl (C=O) groups is 1. The molecule has 0 spiro atoms. The predicted octanol–water partition coefficient (Wildman–Crippen LogP) is 3.05. The summed E-state index contributed by atoms with van der Waals surface area (Å²) >= 11 is 0. The molecule has 0 aliphatic rings. The third-order valence-corrected chi connectivity index (χ3v) is 3.15. The molecule has 22 heavy (non-hydrogen) atoms. The molecule has 0 radical (unpaired) electrons. The molecule has 2 rings (SSSR count). The van der Waals surface area contributed by atoms with Gasteiger partial charge in [-0.2, -0.15) is 0 Å². The maximum Gasteiger partial charge on any atom is 0.277 e. The van der Waals surface area contributed by atoms with Gasteiger partial charge in [-0.3, -0.25) is 4.79 Å². The largest absolute Gasteiger partial charge is 0.351 e. The Hall–Kier alpha value is -2.69. The molecule has 0 saturated carbocycles. The Morgan fingerprint density at radius 1 is 1.41 bits per heavy atom. The summed E-state index contributed by atoms with van der Waals surface area (Å²) in [5.41, 5.74) is 2.34. The van der Waals surface area contributed by atoms with Crippen LogP contribution in [0.4, 0.5) is 11.6 Å². The zero-order chi connectivity index (χ0) is 15.9. The number of amides is 1. The van der Waals surface area contributed by atoms with E-state index in [1.807, 2.05) is 38.1 Å². The Kier molecular flexibility index (Phi) is 5.25. The van der Waals surface area contributed by atoms with Crippen molar-refractivity contribution in [3.8, 4) is 0 Å². The molecule has 1 N–H and O–H groups in total. The van der Waals surface area contributed by atoms with Gasteiger partial charge in [-0.15, -0.1) is 6.58 Å². The van der Waals surface area contributed by atoms with Crippen molar-refractivity contribution in [2.45, 2.75) is 13.8 Å². The number of rotatable bonds is 6. The van der Waals surface area contributed by atoms with Gasteiger partial charge >= 0.3 is 0 Å². The van der Waals surface area contributed by atoms with Crippen LogP contribution >= 0.6 is 0 Å². The second-order valence-electron chi connectivity index (χ2n) is 4.82. The molecule has 1 heterocycles. The Morgan fingerprint density at radius 2 is 2.23 bits per heavy atom. The Morgan fingerprint density at radius 3 is 2.91 bits per heavy atom. The summed E-state index contributed by atoms with van der Waals surface area (Å²) in [7, 11) is 0. The molecule has 0 bridgehead atoms. The maximum absolute atomic E-state index is 12.7. The number of nitrogens with zero attached hydrogens (tertiary/aromatic N) is 3. The molecule has 0 unspecified atom stereocenters. The van der Waals surface area contributed by atoms with Gasteiger partial charge in [-0.25, -0.2) is 9.97 Å². The van der Waals surface area contributed by atoms with Crippen molar-refractivity contribution in [2.24, 2.45) is 0 Å². The lowest BCUT2D eigenvalue weighted by atomic mass is 10.2.